The van der Waals surface area contributed by atoms with Crippen molar-refractivity contribution >= 4 is 35.3 Å². The minimum absolute atomic E-state index is 0.0237. The lowest BCUT2D eigenvalue weighted by Crippen LogP contribution is -2.33. The van der Waals surface area contributed by atoms with Gasteiger partial charge in [-0.2, -0.15) is 15.0 Å². The summed E-state index contributed by atoms with van der Waals surface area (Å²) in [7, 11) is 0. The third-order valence-electron chi connectivity index (χ3n) is 3.32. The normalized spacial score (nSPS) is 11.8. The molecule has 1 aromatic heterocycles. The Labute approximate surface area is 152 Å². The molecule has 0 spiro atoms. The van der Waals surface area contributed by atoms with Crippen LogP contribution in [0.15, 0.2) is 30.3 Å². The van der Waals surface area contributed by atoms with Gasteiger partial charge in [0.1, 0.15) is 5.82 Å². The number of nitrogen functional groups attached to an aromatic ring is 1. The van der Waals surface area contributed by atoms with E-state index in [2.05, 4.69) is 32.5 Å². The Hall–Kier alpha value is -2.35. The van der Waals surface area contributed by atoms with Crippen LogP contribution in [0.5, 0.6) is 0 Å². The average Bonchev–Trinajstić information content (AvgIpc) is 2.55. The molecule has 2 rings (SSSR count). The highest BCUT2D eigenvalue weighted by Gasteiger charge is 2.09. The Kier molecular flexibility index (Phi) is 7.46. The number of amides is 1. The van der Waals surface area contributed by atoms with Gasteiger partial charge < -0.3 is 16.4 Å². The summed E-state index contributed by atoms with van der Waals surface area (Å²) in [5.41, 5.74) is 6.62. The fourth-order valence-electron chi connectivity index (χ4n) is 2.27. The van der Waals surface area contributed by atoms with Crippen molar-refractivity contribution in [1.29, 1.82) is 0 Å². The summed E-state index contributed by atoms with van der Waals surface area (Å²) in [6, 6.07) is 9.80. The zero-order valence-corrected chi connectivity index (χ0v) is 15.3. The summed E-state index contributed by atoms with van der Waals surface area (Å²) in [5.74, 6) is 1.98. The lowest BCUT2D eigenvalue weighted by molar-refractivity contribution is -0.119. The summed E-state index contributed by atoms with van der Waals surface area (Å²) in [6.45, 7) is 4.12. The Bertz CT molecular complexity index is 682. The fraction of sp³-hybridized carbons (Fsp3) is 0.412. The second kappa shape index (κ2) is 9.83. The number of anilines is 3. The van der Waals surface area contributed by atoms with Gasteiger partial charge in [-0.25, -0.2) is 0 Å². The highest BCUT2D eigenvalue weighted by molar-refractivity contribution is 7.99. The fourth-order valence-corrected chi connectivity index (χ4v) is 2.95. The molecule has 7 nitrogen and oxygen atoms in total. The molecule has 0 aliphatic carbocycles. The maximum atomic E-state index is 11.9. The molecule has 1 amide bonds. The third-order valence-corrected chi connectivity index (χ3v) is 4.25. The van der Waals surface area contributed by atoms with Crippen molar-refractivity contribution in [2.75, 3.05) is 16.8 Å². The monoisotopic (exact) mass is 360 g/mol. The van der Waals surface area contributed by atoms with Crippen molar-refractivity contribution in [2.24, 2.45) is 0 Å². The minimum Gasteiger partial charge on any atom is -0.368 e. The number of thioether (sulfide) groups is 1. The first-order valence-electron chi connectivity index (χ1n) is 8.26. The topological polar surface area (TPSA) is 106 Å². The van der Waals surface area contributed by atoms with Crippen molar-refractivity contribution < 1.29 is 4.79 Å². The number of hydrogen-bond donors (Lipinski definition) is 3. The van der Waals surface area contributed by atoms with Crippen LogP contribution < -0.4 is 16.4 Å². The van der Waals surface area contributed by atoms with Gasteiger partial charge >= 0.3 is 0 Å². The van der Waals surface area contributed by atoms with Crippen LogP contribution in [0.3, 0.4) is 0 Å². The van der Waals surface area contributed by atoms with E-state index < -0.39 is 0 Å². The van der Waals surface area contributed by atoms with Gasteiger partial charge in [-0.05, 0) is 25.5 Å². The van der Waals surface area contributed by atoms with Gasteiger partial charge in [0.05, 0.1) is 11.5 Å². The smallest absolute Gasteiger partial charge is 0.232 e. The number of para-hydroxylation sites is 1. The lowest BCUT2D eigenvalue weighted by atomic mass is 10.2. The number of nitrogens with zero attached hydrogens (tertiary/aromatic N) is 3. The predicted molar refractivity (Wildman–Crippen MR) is 103 cm³/mol. The first-order chi connectivity index (χ1) is 12.1. The van der Waals surface area contributed by atoms with Gasteiger partial charge in [-0.15, -0.1) is 11.8 Å². The molecule has 0 radical (unpaired) electrons. The molecule has 0 unspecified atom stereocenters. The molecule has 1 aromatic carbocycles. The predicted octanol–water partition coefficient (Wildman–Crippen LogP) is 2.74. The van der Waals surface area contributed by atoms with Crippen LogP contribution >= 0.6 is 11.8 Å². The van der Waals surface area contributed by atoms with Crippen molar-refractivity contribution in [3.05, 3.63) is 36.2 Å². The molecular weight excluding hydrogens is 336 g/mol. The Morgan fingerprint density at radius 3 is 2.72 bits per heavy atom. The number of benzene rings is 1. The molecule has 2 aromatic rings. The highest BCUT2D eigenvalue weighted by Crippen LogP contribution is 2.15. The van der Waals surface area contributed by atoms with E-state index in [-0.39, 0.29) is 17.9 Å². The number of hydrogen-bond acceptors (Lipinski definition) is 7. The summed E-state index contributed by atoms with van der Waals surface area (Å²) >= 11 is 1.45. The minimum atomic E-state index is 0.0237. The number of aromatic nitrogens is 3. The van der Waals surface area contributed by atoms with E-state index in [9.17, 15) is 4.79 Å². The second-order valence-corrected chi connectivity index (χ2v) is 6.66. The average molecular weight is 360 g/mol. The second-order valence-electron chi connectivity index (χ2n) is 5.67. The molecule has 0 fully saturated rings. The van der Waals surface area contributed by atoms with E-state index in [0.717, 1.165) is 18.5 Å². The van der Waals surface area contributed by atoms with Crippen molar-refractivity contribution in [2.45, 2.75) is 38.5 Å². The van der Waals surface area contributed by atoms with Crippen LogP contribution in [0, 0.1) is 0 Å². The summed E-state index contributed by atoms with van der Waals surface area (Å²) < 4.78 is 0. The maximum Gasteiger partial charge on any atom is 0.232 e. The number of carbonyl (C=O) groups is 1. The first kappa shape index (κ1) is 19.0. The van der Waals surface area contributed by atoms with Crippen molar-refractivity contribution in [1.82, 2.24) is 20.3 Å². The van der Waals surface area contributed by atoms with Gasteiger partial charge in [0.25, 0.3) is 0 Å². The first-order valence-corrected chi connectivity index (χ1v) is 9.42. The van der Waals surface area contributed by atoms with Gasteiger partial charge in [0, 0.05) is 11.7 Å². The summed E-state index contributed by atoms with van der Waals surface area (Å²) in [5, 5.41) is 6.07. The number of nitrogens with one attached hydrogen (secondary N) is 2. The Balaban J connectivity index is 1.86. The van der Waals surface area contributed by atoms with Gasteiger partial charge in [-0.1, -0.05) is 31.5 Å². The van der Waals surface area contributed by atoms with Gasteiger partial charge in [0.2, 0.25) is 17.8 Å². The molecule has 1 atom stereocenters. The van der Waals surface area contributed by atoms with Crippen molar-refractivity contribution in [3.8, 4) is 0 Å². The zero-order valence-electron chi connectivity index (χ0n) is 14.5. The Morgan fingerprint density at radius 2 is 2.00 bits per heavy atom. The summed E-state index contributed by atoms with van der Waals surface area (Å²) in [4.78, 5) is 24.4. The van der Waals surface area contributed by atoms with Crippen LogP contribution in [0.1, 0.15) is 32.5 Å². The molecular formula is C17H24N6OS. The molecule has 8 heteroatoms. The van der Waals surface area contributed by atoms with Gasteiger partial charge in [-0.3, -0.25) is 4.79 Å². The van der Waals surface area contributed by atoms with E-state index in [1.165, 1.54) is 11.8 Å². The van der Waals surface area contributed by atoms with Crippen LogP contribution in [-0.2, 0) is 10.5 Å². The molecule has 0 saturated carbocycles. The standard InChI is InChI=1S/C17H24N6OS/c1-3-7-12(2)19-15(24)11-25-10-14-21-16(18)23-17(22-14)20-13-8-5-4-6-9-13/h4-6,8-9,12H,3,7,10-11H2,1-2H3,(H,19,24)(H3,18,20,21,22,23)/t12-/m0/s1. The largest absolute Gasteiger partial charge is 0.368 e. The highest BCUT2D eigenvalue weighted by atomic mass is 32.2. The van der Waals surface area contributed by atoms with Crippen LogP contribution in [0.25, 0.3) is 0 Å². The molecule has 0 bridgehead atoms. The van der Waals surface area contributed by atoms with E-state index in [1.54, 1.807) is 0 Å². The van der Waals surface area contributed by atoms with E-state index in [4.69, 9.17) is 5.73 Å². The molecule has 1 heterocycles. The third kappa shape index (κ3) is 6.96. The number of carbonyl (C=O) groups excluding carboxylic acids is 1. The van der Waals surface area contributed by atoms with Crippen LogP contribution in [0.2, 0.25) is 0 Å². The van der Waals surface area contributed by atoms with Gasteiger partial charge in [0.15, 0.2) is 0 Å². The zero-order chi connectivity index (χ0) is 18.1. The molecule has 0 saturated heterocycles. The van der Waals surface area contributed by atoms with Crippen molar-refractivity contribution in [3.63, 3.8) is 0 Å². The molecule has 0 aliphatic rings. The molecule has 25 heavy (non-hydrogen) atoms. The molecule has 134 valence electrons. The van der Waals surface area contributed by atoms with Crippen LogP contribution in [-0.4, -0.2) is 32.7 Å². The molecule has 4 N–H and O–H groups in total. The number of rotatable bonds is 9. The summed E-state index contributed by atoms with van der Waals surface area (Å²) in [6.07, 6.45) is 2.03. The number of nitrogens with two attached hydrogens (primary N) is 1. The van der Waals surface area contributed by atoms with E-state index in [0.29, 0.717) is 23.3 Å². The van der Waals surface area contributed by atoms with E-state index in [1.807, 2.05) is 37.3 Å². The van der Waals surface area contributed by atoms with Crippen LogP contribution in [0.4, 0.5) is 17.6 Å². The van der Waals surface area contributed by atoms with E-state index >= 15 is 0 Å². The lowest BCUT2D eigenvalue weighted by Gasteiger charge is -2.12. The molecule has 0 aliphatic heterocycles. The quantitative estimate of drug-likeness (QED) is 0.631. The maximum absolute atomic E-state index is 11.9. The Morgan fingerprint density at radius 1 is 1.24 bits per heavy atom. The SMILES string of the molecule is CCC[C@H](C)NC(=O)CSCc1nc(N)nc(Nc2ccccc2)n1.